The van der Waals surface area contributed by atoms with Gasteiger partial charge >= 0.3 is 5.69 Å². The number of hydrogen-bond donors (Lipinski definition) is 1. The highest BCUT2D eigenvalue weighted by atomic mass is 32.1. The zero-order chi connectivity index (χ0) is 30.7. The Morgan fingerprint density at radius 3 is 2.47 bits per heavy atom. The summed E-state index contributed by atoms with van der Waals surface area (Å²) in [6, 6.07) is 3.35. The molecule has 0 saturated carbocycles. The van der Waals surface area contributed by atoms with E-state index in [-0.39, 0.29) is 25.0 Å². The topological polar surface area (TPSA) is 134 Å². The number of carbonyl (C=O) groups is 1. The number of amides is 1. The summed E-state index contributed by atoms with van der Waals surface area (Å²) in [4.78, 5) is 44.0. The molecule has 3 aromatic heterocycles. The Kier molecular flexibility index (Phi) is 9.37. The van der Waals surface area contributed by atoms with Crippen molar-refractivity contribution in [1.82, 2.24) is 29.0 Å². The highest BCUT2D eigenvalue weighted by molar-refractivity contribution is 7.21. The van der Waals surface area contributed by atoms with Crippen LogP contribution in [0.5, 0.6) is 5.75 Å². The number of likely N-dealkylation sites (N-methyl/N-ethyl adjacent to an activating group) is 1. The summed E-state index contributed by atoms with van der Waals surface area (Å²) >= 11 is 1.23. The molecular formula is C29H35FN6O6S. The van der Waals surface area contributed by atoms with Crippen LogP contribution in [0.15, 0.2) is 40.2 Å². The van der Waals surface area contributed by atoms with Crippen molar-refractivity contribution in [3.63, 3.8) is 0 Å². The number of halogens is 1. The normalized spacial score (nSPS) is 17.4. The van der Waals surface area contributed by atoms with Crippen molar-refractivity contribution in [2.75, 3.05) is 33.4 Å². The van der Waals surface area contributed by atoms with Crippen LogP contribution in [-0.4, -0.2) is 79.6 Å². The van der Waals surface area contributed by atoms with Gasteiger partial charge in [0.05, 0.1) is 31.0 Å². The predicted octanol–water partition coefficient (Wildman–Crippen LogP) is 2.46. The van der Waals surface area contributed by atoms with Crippen LogP contribution < -0.4 is 16.0 Å². The Bertz CT molecular complexity index is 1710. The maximum Gasteiger partial charge on any atom is 0.332 e. The number of aromatic nitrogens is 5. The fourth-order valence-corrected chi connectivity index (χ4v) is 6.71. The van der Waals surface area contributed by atoms with Crippen molar-refractivity contribution >= 4 is 27.5 Å². The third kappa shape index (κ3) is 6.12. The lowest BCUT2D eigenvalue weighted by Gasteiger charge is -2.17. The monoisotopic (exact) mass is 614 g/mol. The molecule has 1 atom stereocenters. The Morgan fingerprint density at radius 2 is 1.86 bits per heavy atom. The Hall–Kier alpha value is -3.88. The van der Waals surface area contributed by atoms with E-state index < -0.39 is 23.1 Å². The van der Waals surface area contributed by atoms with Crippen LogP contribution in [0.25, 0.3) is 15.2 Å². The quantitative estimate of drug-likeness (QED) is 0.336. The lowest BCUT2D eigenvalue weighted by Crippen LogP contribution is -2.44. The third-order valence-electron chi connectivity index (χ3n) is 7.82. The Balaban J connectivity index is 0.000000463. The van der Waals surface area contributed by atoms with Gasteiger partial charge in [0.25, 0.3) is 5.56 Å². The van der Waals surface area contributed by atoms with E-state index in [4.69, 9.17) is 14.6 Å². The van der Waals surface area contributed by atoms with Gasteiger partial charge in [-0.25, -0.2) is 13.8 Å². The number of aliphatic hydroxyl groups excluding tert-OH is 1. The van der Waals surface area contributed by atoms with Crippen LogP contribution >= 0.6 is 11.3 Å². The Labute approximate surface area is 250 Å². The fraction of sp³-hybridized carbons (Fsp3) is 0.483. The lowest BCUT2D eigenvalue weighted by molar-refractivity contribution is -0.130. The van der Waals surface area contributed by atoms with E-state index in [1.165, 1.54) is 58.4 Å². The van der Waals surface area contributed by atoms with Gasteiger partial charge in [0.1, 0.15) is 27.4 Å². The van der Waals surface area contributed by atoms with Gasteiger partial charge < -0.3 is 19.5 Å². The zero-order valence-electron chi connectivity index (χ0n) is 24.4. The average Bonchev–Trinajstić information content (AvgIpc) is 3.74. The van der Waals surface area contributed by atoms with Crippen LogP contribution in [0.2, 0.25) is 0 Å². The summed E-state index contributed by atoms with van der Waals surface area (Å²) in [5.74, 6) is -0.151. The molecular weight excluding hydrogens is 579 g/mol. The van der Waals surface area contributed by atoms with Crippen molar-refractivity contribution in [1.29, 1.82) is 0 Å². The maximum atomic E-state index is 14.0. The van der Waals surface area contributed by atoms with E-state index in [2.05, 4.69) is 10.2 Å². The maximum absolute atomic E-state index is 14.0. The zero-order valence-corrected chi connectivity index (χ0v) is 25.2. The second kappa shape index (κ2) is 13.2. The average molecular weight is 615 g/mol. The van der Waals surface area contributed by atoms with Gasteiger partial charge in [-0.15, -0.1) is 4.80 Å². The molecule has 14 heteroatoms. The van der Waals surface area contributed by atoms with Crippen molar-refractivity contribution in [2.45, 2.75) is 58.2 Å². The molecule has 2 saturated heterocycles. The van der Waals surface area contributed by atoms with Crippen LogP contribution in [0.3, 0.4) is 0 Å². The number of carbonyl (C=O) groups excluding carboxylic acids is 1. The predicted molar refractivity (Wildman–Crippen MR) is 159 cm³/mol. The number of hydrogen-bond acceptors (Lipinski definition) is 9. The van der Waals surface area contributed by atoms with Crippen molar-refractivity contribution in [3.05, 3.63) is 68.4 Å². The summed E-state index contributed by atoms with van der Waals surface area (Å²) in [6.07, 6.45) is 5.26. The summed E-state index contributed by atoms with van der Waals surface area (Å²) in [6.45, 7) is 6.26. The number of aryl methyl sites for hydroxylation is 3. The largest absolute Gasteiger partial charge is 0.496 e. The van der Waals surface area contributed by atoms with Gasteiger partial charge in [-0.3, -0.25) is 14.2 Å². The molecule has 1 amide bonds. The standard InChI is InChI=1S/C24H25FN6O4S.C5H10O2/c1-4-28-11-8-17(20(28)32)30-21(33)19-14(2)22(31-26-9-10-27-31)36-23(19)29(24(30)34)12-7-15-13-16(25)5-6-18(15)35-3;6-5-1-3-7-4-2-5/h5-6,9-10,13,17H,4,7-8,11-12H2,1-3H3;5-6H,1-4H2/t17-;/m0./s1. The summed E-state index contributed by atoms with van der Waals surface area (Å²) in [5, 5.41) is 18.2. The van der Waals surface area contributed by atoms with Crippen LogP contribution in [-0.2, 0) is 22.5 Å². The van der Waals surface area contributed by atoms with E-state index in [9.17, 15) is 18.8 Å². The first kappa shape index (κ1) is 30.6. The van der Waals surface area contributed by atoms with Crippen molar-refractivity contribution in [2.24, 2.45) is 0 Å². The minimum Gasteiger partial charge on any atom is -0.496 e. The van der Waals surface area contributed by atoms with E-state index in [0.717, 1.165) is 30.6 Å². The number of likely N-dealkylation sites (tertiary alicyclic amines) is 1. The van der Waals surface area contributed by atoms with Crippen LogP contribution in [0.4, 0.5) is 4.39 Å². The molecule has 0 aliphatic carbocycles. The van der Waals surface area contributed by atoms with Crippen LogP contribution in [0, 0.1) is 12.7 Å². The number of nitrogens with zero attached hydrogens (tertiary/aromatic N) is 6. The summed E-state index contributed by atoms with van der Waals surface area (Å²) in [5.41, 5.74) is 0.143. The molecule has 43 heavy (non-hydrogen) atoms. The minimum atomic E-state index is -0.866. The molecule has 5 heterocycles. The SMILES string of the molecule is CCN1CC[C@H](n2c(=O)c3c(C)c(-n4nccn4)sc3n(CCc3cc(F)ccc3OC)c2=O)C1=O.OC1CCOCC1. The van der Waals surface area contributed by atoms with E-state index >= 15 is 0 Å². The smallest absolute Gasteiger partial charge is 0.332 e. The van der Waals surface area contributed by atoms with Gasteiger partial charge in [0.2, 0.25) is 5.91 Å². The first-order valence-electron chi connectivity index (χ1n) is 14.3. The van der Waals surface area contributed by atoms with Gasteiger partial charge in [-0.2, -0.15) is 10.2 Å². The third-order valence-corrected chi connectivity index (χ3v) is 9.10. The molecule has 1 aromatic carbocycles. The molecule has 12 nitrogen and oxygen atoms in total. The van der Waals surface area contributed by atoms with Gasteiger partial charge in [0.15, 0.2) is 0 Å². The summed E-state index contributed by atoms with van der Waals surface area (Å²) in [7, 11) is 1.50. The second-order valence-electron chi connectivity index (χ2n) is 10.4. The molecule has 2 aliphatic heterocycles. The second-order valence-corrected chi connectivity index (χ2v) is 11.4. The van der Waals surface area contributed by atoms with E-state index in [1.807, 2.05) is 6.92 Å². The number of ether oxygens (including phenoxy) is 2. The van der Waals surface area contributed by atoms with Crippen molar-refractivity contribution in [3.8, 4) is 10.8 Å². The van der Waals surface area contributed by atoms with Gasteiger partial charge in [-0.05, 0) is 63.3 Å². The molecule has 1 N–H and O–H groups in total. The number of thiophene rings is 1. The number of methoxy groups -OCH3 is 1. The Morgan fingerprint density at radius 1 is 1.14 bits per heavy atom. The van der Waals surface area contributed by atoms with Gasteiger partial charge in [0, 0.05) is 38.4 Å². The van der Waals surface area contributed by atoms with Gasteiger partial charge in [-0.1, -0.05) is 11.3 Å². The molecule has 230 valence electrons. The highest BCUT2D eigenvalue weighted by Crippen LogP contribution is 2.31. The van der Waals surface area contributed by atoms with E-state index in [1.54, 1.807) is 11.8 Å². The van der Waals surface area contributed by atoms with Crippen molar-refractivity contribution < 1.29 is 23.8 Å². The molecule has 0 radical (unpaired) electrons. The number of benzene rings is 1. The molecule has 6 rings (SSSR count). The number of fused-ring (bicyclic) bond motifs is 1. The molecule has 4 aromatic rings. The molecule has 0 spiro atoms. The molecule has 0 unspecified atom stereocenters. The number of aliphatic hydroxyl groups is 1. The molecule has 2 aliphatic rings. The van der Waals surface area contributed by atoms with Crippen LogP contribution in [0.1, 0.15) is 43.4 Å². The van der Waals surface area contributed by atoms with E-state index in [0.29, 0.717) is 51.6 Å². The fourth-order valence-electron chi connectivity index (χ4n) is 5.47. The summed E-state index contributed by atoms with van der Waals surface area (Å²) < 4.78 is 26.9. The highest BCUT2D eigenvalue weighted by Gasteiger charge is 2.35. The first-order valence-corrected chi connectivity index (χ1v) is 15.1. The number of rotatable bonds is 7. The minimum absolute atomic E-state index is 0.0891. The first-order chi connectivity index (χ1) is 20.7. The molecule has 0 bridgehead atoms. The molecule has 2 fully saturated rings. The lowest BCUT2D eigenvalue weighted by atomic mass is 10.1.